The molecular weight excluding hydrogens is 222 g/mol. The summed E-state index contributed by atoms with van der Waals surface area (Å²) in [5.74, 6) is 0.860. The molecule has 4 aliphatic heterocycles. The summed E-state index contributed by atoms with van der Waals surface area (Å²) < 4.78 is 0. The molecule has 0 aliphatic carbocycles. The van der Waals surface area contributed by atoms with E-state index in [9.17, 15) is 0 Å². The fourth-order valence-corrected chi connectivity index (χ4v) is 5.40. The van der Waals surface area contributed by atoms with Crippen molar-refractivity contribution in [2.75, 3.05) is 26.2 Å². The summed E-state index contributed by atoms with van der Waals surface area (Å²) in [5, 5.41) is 0. The van der Waals surface area contributed by atoms with Crippen molar-refractivity contribution in [2.45, 2.75) is 62.6 Å². The van der Waals surface area contributed by atoms with Crippen LogP contribution in [-0.2, 0) is 0 Å². The Kier molecular flexibility index (Phi) is 2.72. The Hall–Kier alpha value is -0.120. The van der Waals surface area contributed by atoms with Gasteiger partial charge in [0.05, 0.1) is 0 Å². The van der Waals surface area contributed by atoms with Crippen molar-refractivity contribution in [1.82, 2.24) is 9.80 Å². The van der Waals surface area contributed by atoms with Crippen molar-refractivity contribution in [1.29, 1.82) is 0 Å². The van der Waals surface area contributed by atoms with E-state index in [0.29, 0.717) is 6.04 Å². The summed E-state index contributed by atoms with van der Waals surface area (Å²) in [6, 6.07) is 1.55. The summed E-state index contributed by atoms with van der Waals surface area (Å²) in [7, 11) is 0. The lowest BCUT2D eigenvalue weighted by molar-refractivity contribution is -0.0854. The molecule has 4 heterocycles. The minimum Gasteiger partial charge on any atom is -0.323 e. The van der Waals surface area contributed by atoms with E-state index < -0.39 is 0 Å². The second-order valence-electron chi connectivity index (χ2n) is 7.24. The predicted molar refractivity (Wildman–Crippen MR) is 73.4 cm³/mol. The van der Waals surface area contributed by atoms with Crippen LogP contribution in [0.4, 0.5) is 0 Å². The monoisotopic (exact) mass is 249 g/mol. The normalized spacial score (nSPS) is 49.5. The minimum absolute atomic E-state index is 0.108. The molecule has 4 fully saturated rings. The molecule has 2 N–H and O–H groups in total. The largest absolute Gasteiger partial charge is 0.323 e. The van der Waals surface area contributed by atoms with E-state index in [-0.39, 0.29) is 5.54 Å². The lowest BCUT2D eigenvalue weighted by Crippen LogP contribution is -2.75. The third-order valence-electron chi connectivity index (χ3n) is 6.09. The number of hydrogen-bond acceptors (Lipinski definition) is 3. The standard InChI is InChI=1S/C15H27N3/c16-15-9-12(10-17-7-4-2-6-14(15)17)13-5-1-3-8-18(13)11-15/h12-14H,1-11,16H2/t12?,13-,14?,15?/m1/s1. The van der Waals surface area contributed by atoms with Crippen LogP contribution in [0.5, 0.6) is 0 Å². The first-order valence-electron chi connectivity index (χ1n) is 8.03. The van der Waals surface area contributed by atoms with Crippen LogP contribution in [0.3, 0.4) is 0 Å². The molecule has 0 radical (unpaired) electrons. The summed E-state index contributed by atoms with van der Waals surface area (Å²) in [5.41, 5.74) is 6.99. The Morgan fingerprint density at radius 2 is 1.72 bits per heavy atom. The second kappa shape index (κ2) is 4.19. The van der Waals surface area contributed by atoms with Gasteiger partial charge >= 0.3 is 0 Å². The van der Waals surface area contributed by atoms with Crippen LogP contribution in [0.1, 0.15) is 44.9 Å². The number of nitrogens with two attached hydrogens (primary N) is 1. The molecular formula is C15H27N3. The van der Waals surface area contributed by atoms with Crippen LogP contribution in [-0.4, -0.2) is 53.6 Å². The quantitative estimate of drug-likeness (QED) is 0.705. The molecule has 0 saturated carbocycles. The van der Waals surface area contributed by atoms with Gasteiger partial charge in [0, 0.05) is 30.7 Å². The molecule has 4 aliphatic rings. The van der Waals surface area contributed by atoms with Gasteiger partial charge in [-0.15, -0.1) is 0 Å². The van der Waals surface area contributed by atoms with Crippen molar-refractivity contribution < 1.29 is 0 Å². The van der Waals surface area contributed by atoms with Crippen LogP contribution in [0.15, 0.2) is 0 Å². The number of fused-ring (bicyclic) bond motifs is 6. The Balaban J connectivity index is 1.63. The fraction of sp³-hybridized carbons (Fsp3) is 1.00. The minimum atomic E-state index is 0.108. The average molecular weight is 249 g/mol. The highest BCUT2D eigenvalue weighted by atomic mass is 15.3. The van der Waals surface area contributed by atoms with Gasteiger partial charge in [0.25, 0.3) is 0 Å². The first-order valence-corrected chi connectivity index (χ1v) is 8.03. The molecule has 4 saturated heterocycles. The van der Waals surface area contributed by atoms with E-state index in [1.54, 1.807) is 0 Å². The van der Waals surface area contributed by atoms with Gasteiger partial charge in [-0.05, 0) is 51.1 Å². The number of nitrogens with zero attached hydrogens (tertiary/aromatic N) is 2. The molecule has 0 spiro atoms. The highest BCUT2D eigenvalue weighted by Gasteiger charge is 2.53. The maximum Gasteiger partial charge on any atom is 0.0444 e. The van der Waals surface area contributed by atoms with Gasteiger partial charge in [-0.2, -0.15) is 0 Å². The molecule has 4 atom stereocenters. The van der Waals surface area contributed by atoms with Gasteiger partial charge in [0.2, 0.25) is 0 Å². The lowest BCUT2D eigenvalue weighted by atomic mass is 9.67. The molecule has 2 bridgehead atoms. The topological polar surface area (TPSA) is 32.5 Å². The Morgan fingerprint density at radius 3 is 2.61 bits per heavy atom. The molecule has 3 heteroatoms. The Morgan fingerprint density at radius 1 is 0.944 bits per heavy atom. The summed E-state index contributed by atoms with van der Waals surface area (Å²) in [6.45, 7) is 5.14. The fourth-order valence-electron chi connectivity index (χ4n) is 5.40. The van der Waals surface area contributed by atoms with Gasteiger partial charge < -0.3 is 5.73 Å². The van der Waals surface area contributed by atoms with Crippen molar-refractivity contribution in [3.05, 3.63) is 0 Å². The van der Waals surface area contributed by atoms with E-state index in [0.717, 1.165) is 12.0 Å². The van der Waals surface area contributed by atoms with Crippen LogP contribution in [0, 0.1) is 5.92 Å². The SMILES string of the molecule is NC12CC(CN3CCCCC31)[C@H]1CCCCN1C2. The highest BCUT2D eigenvalue weighted by Crippen LogP contribution is 2.43. The maximum atomic E-state index is 6.88. The van der Waals surface area contributed by atoms with E-state index in [1.165, 1.54) is 71.1 Å². The maximum absolute atomic E-state index is 6.88. The van der Waals surface area contributed by atoms with E-state index in [4.69, 9.17) is 5.73 Å². The van der Waals surface area contributed by atoms with Gasteiger partial charge in [-0.1, -0.05) is 12.8 Å². The zero-order valence-corrected chi connectivity index (χ0v) is 11.5. The summed E-state index contributed by atoms with van der Waals surface area (Å²) >= 11 is 0. The zero-order valence-electron chi connectivity index (χ0n) is 11.5. The smallest absolute Gasteiger partial charge is 0.0444 e. The van der Waals surface area contributed by atoms with Crippen LogP contribution in [0.2, 0.25) is 0 Å². The lowest BCUT2D eigenvalue weighted by Gasteiger charge is -2.61. The van der Waals surface area contributed by atoms with Crippen molar-refractivity contribution in [2.24, 2.45) is 11.7 Å². The molecule has 4 rings (SSSR count). The molecule has 0 amide bonds. The number of hydrogen-bond donors (Lipinski definition) is 1. The van der Waals surface area contributed by atoms with E-state index in [1.807, 2.05) is 0 Å². The first kappa shape index (κ1) is 11.7. The predicted octanol–water partition coefficient (Wildman–Crippen LogP) is 1.43. The third kappa shape index (κ3) is 1.67. The van der Waals surface area contributed by atoms with Crippen LogP contribution in [0.25, 0.3) is 0 Å². The Labute approximate surface area is 111 Å². The average Bonchev–Trinajstić information content (AvgIpc) is 2.38. The van der Waals surface area contributed by atoms with E-state index >= 15 is 0 Å². The van der Waals surface area contributed by atoms with Crippen molar-refractivity contribution in [3.63, 3.8) is 0 Å². The summed E-state index contributed by atoms with van der Waals surface area (Å²) in [4.78, 5) is 5.51. The first-order chi connectivity index (χ1) is 8.76. The summed E-state index contributed by atoms with van der Waals surface area (Å²) in [6.07, 6.45) is 9.71. The molecule has 0 aromatic carbocycles. The molecule has 0 aromatic rings. The molecule has 102 valence electrons. The third-order valence-corrected chi connectivity index (χ3v) is 6.09. The van der Waals surface area contributed by atoms with Gasteiger partial charge in [0.1, 0.15) is 0 Å². The van der Waals surface area contributed by atoms with Gasteiger partial charge in [-0.3, -0.25) is 9.80 Å². The van der Waals surface area contributed by atoms with Gasteiger partial charge in [-0.25, -0.2) is 0 Å². The van der Waals surface area contributed by atoms with Crippen molar-refractivity contribution >= 4 is 0 Å². The number of piperidine rings is 4. The van der Waals surface area contributed by atoms with Crippen LogP contribution >= 0.6 is 0 Å². The molecule has 18 heavy (non-hydrogen) atoms. The van der Waals surface area contributed by atoms with Crippen LogP contribution < -0.4 is 5.73 Å². The zero-order chi connectivity index (χ0) is 12.2. The van der Waals surface area contributed by atoms with E-state index in [2.05, 4.69) is 9.80 Å². The molecule has 0 aromatic heterocycles. The van der Waals surface area contributed by atoms with Gasteiger partial charge in [0.15, 0.2) is 0 Å². The Bertz CT molecular complexity index is 330. The molecule has 3 unspecified atom stereocenters. The molecule has 3 nitrogen and oxygen atoms in total. The van der Waals surface area contributed by atoms with Crippen molar-refractivity contribution in [3.8, 4) is 0 Å². The second-order valence-corrected chi connectivity index (χ2v) is 7.24. The number of rotatable bonds is 0. The highest BCUT2D eigenvalue weighted by molar-refractivity contribution is 5.11.